The van der Waals surface area contributed by atoms with Crippen LogP contribution in [-0.4, -0.2) is 40.5 Å². The molecule has 0 aliphatic heterocycles. The summed E-state index contributed by atoms with van der Waals surface area (Å²) in [5, 5.41) is 3.01. The van der Waals surface area contributed by atoms with Gasteiger partial charge in [0.25, 0.3) is 5.91 Å². The van der Waals surface area contributed by atoms with Crippen LogP contribution >= 0.6 is 0 Å². The molecule has 0 saturated heterocycles. The third-order valence-electron chi connectivity index (χ3n) is 5.56. The van der Waals surface area contributed by atoms with Gasteiger partial charge in [-0.2, -0.15) is 0 Å². The molecular formula is C24H31NO6. The summed E-state index contributed by atoms with van der Waals surface area (Å²) >= 11 is 0. The van der Waals surface area contributed by atoms with Crippen molar-refractivity contribution >= 4 is 5.91 Å². The van der Waals surface area contributed by atoms with Crippen molar-refractivity contribution in [2.24, 2.45) is 0 Å². The quantitative estimate of drug-likeness (QED) is 0.631. The van der Waals surface area contributed by atoms with Crippen molar-refractivity contribution in [3.8, 4) is 28.7 Å². The number of methoxy groups -OCH3 is 4. The first-order chi connectivity index (χ1) is 15.0. The summed E-state index contributed by atoms with van der Waals surface area (Å²) < 4.78 is 27.6. The number of hydrogen-bond acceptors (Lipinski definition) is 6. The maximum absolute atomic E-state index is 12.9. The van der Waals surface area contributed by atoms with E-state index in [2.05, 4.69) is 5.32 Å². The fourth-order valence-electron chi connectivity index (χ4n) is 3.81. The summed E-state index contributed by atoms with van der Waals surface area (Å²) in [7, 11) is 6.18. The topological polar surface area (TPSA) is 75.3 Å². The molecule has 3 rings (SSSR count). The summed E-state index contributed by atoms with van der Waals surface area (Å²) in [6, 6.07) is 8.78. The molecule has 0 aromatic heterocycles. The molecule has 31 heavy (non-hydrogen) atoms. The van der Waals surface area contributed by atoms with Gasteiger partial charge in [-0.1, -0.05) is 6.07 Å². The van der Waals surface area contributed by atoms with Gasteiger partial charge in [-0.05, 0) is 62.4 Å². The van der Waals surface area contributed by atoms with E-state index >= 15 is 0 Å². The van der Waals surface area contributed by atoms with Gasteiger partial charge >= 0.3 is 0 Å². The second-order valence-electron chi connectivity index (χ2n) is 7.54. The lowest BCUT2D eigenvalue weighted by atomic mass is 10.1. The highest BCUT2D eigenvalue weighted by molar-refractivity contribution is 5.95. The van der Waals surface area contributed by atoms with Crippen molar-refractivity contribution in [2.45, 2.75) is 44.8 Å². The minimum atomic E-state index is -0.253. The van der Waals surface area contributed by atoms with Crippen molar-refractivity contribution in [3.05, 3.63) is 41.5 Å². The molecule has 1 aliphatic rings. The Morgan fingerprint density at radius 1 is 0.871 bits per heavy atom. The van der Waals surface area contributed by atoms with Crippen LogP contribution in [0.2, 0.25) is 0 Å². The molecule has 168 valence electrons. The Bertz CT molecular complexity index is 882. The summed E-state index contributed by atoms with van der Waals surface area (Å²) in [6.07, 6.45) is 4.81. The highest BCUT2D eigenvalue weighted by atomic mass is 16.5. The average molecular weight is 430 g/mol. The third-order valence-corrected chi connectivity index (χ3v) is 5.56. The highest BCUT2D eigenvalue weighted by Crippen LogP contribution is 2.38. The SMILES string of the molecule is COc1cc([C@@H](C)NC(=O)c2cc(OC)c(OC)c(OC)c2)ccc1OC1CCCC1. The van der Waals surface area contributed by atoms with E-state index in [4.69, 9.17) is 23.7 Å². The van der Waals surface area contributed by atoms with Gasteiger partial charge in [0.15, 0.2) is 23.0 Å². The Morgan fingerprint density at radius 3 is 2.03 bits per heavy atom. The van der Waals surface area contributed by atoms with E-state index in [1.54, 1.807) is 19.2 Å². The predicted molar refractivity (Wildman–Crippen MR) is 118 cm³/mol. The van der Waals surface area contributed by atoms with Crippen molar-refractivity contribution in [3.63, 3.8) is 0 Å². The van der Waals surface area contributed by atoms with Crippen LogP contribution in [0.25, 0.3) is 0 Å². The Hall–Kier alpha value is -3.09. The summed E-state index contributed by atoms with van der Waals surface area (Å²) in [6.45, 7) is 1.92. The highest BCUT2D eigenvalue weighted by Gasteiger charge is 2.21. The first-order valence-corrected chi connectivity index (χ1v) is 10.5. The number of carbonyl (C=O) groups is 1. The lowest BCUT2D eigenvalue weighted by Gasteiger charge is -2.20. The zero-order chi connectivity index (χ0) is 22.4. The van der Waals surface area contributed by atoms with E-state index in [1.807, 2.05) is 25.1 Å². The average Bonchev–Trinajstić information content (AvgIpc) is 3.31. The monoisotopic (exact) mass is 429 g/mol. The number of benzene rings is 2. The predicted octanol–water partition coefficient (Wildman–Crippen LogP) is 4.53. The summed E-state index contributed by atoms with van der Waals surface area (Å²) in [5.41, 5.74) is 1.32. The Kier molecular flexibility index (Phi) is 7.50. The molecule has 2 aromatic rings. The van der Waals surface area contributed by atoms with E-state index in [-0.39, 0.29) is 18.1 Å². The van der Waals surface area contributed by atoms with Gasteiger partial charge in [-0.25, -0.2) is 0 Å². The van der Waals surface area contributed by atoms with Gasteiger partial charge in [-0.15, -0.1) is 0 Å². The zero-order valence-electron chi connectivity index (χ0n) is 18.8. The van der Waals surface area contributed by atoms with Crippen LogP contribution in [0.1, 0.15) is 54.6 Å². The Balaban J connectivity index is 1.76. The largest absolute Gasteiger partial charge is 0.493 e. The van der Waals surface area contributed by atoms with Gasteiger partial charge in [-0.3, -0.25) is 4.79 Å². The molecule has 1 aliphatic carbocycles. The lowest BCUT2D eigenvalue weighted by molar-refractivity contribution is 0.0939. The molecule has 1 N–H and O–H groups in total. The van der Waals surface area contributed by atoms with Gasteiger partial charge < -0.3 is 29.0 Å². The first-order valence-electron chi connectivity index (χ1n) is 10.5. The van der Waals surface area contributed by atoms with E-state index in [1.165, 1.54) is 34.2 Å². The van der Waals surface area contributed by atoms with Gasteiger partial charge in [0.2, 0.25) is 5.75 Å². The summed E-state index contributed by atoms with van der Waals surface area (Å²) in [4.78, 5) is 12.9. The first kappa shape index (κ1) is 22.6. The number of hydrogen-bond donors (Lipinski definition) is 1. The van der Waals surface area contributed by atoms with Crippen molar-refractivity contribution < 1.29 is 28.5 Å². The van der Waals surface area contributed by atoms with Crippen LogP contribution in [0.4, 0.5) is 0 Å². The third kappa shape index (κ3) is 5.16. The number of ether oxygens (including phenoxy) is 5. The second-order valence-corrected chi connectivity index (χ2v) is 7.54. The molecular weight excluding hydrogens is 398 g/mol. The zero-order valence-corrected chi connectivity index (χ0v) is 18.8. The van der Waals surface area contributed by atoms with Crippen LogP contribution in [0.3, 0.4) is 0 Å². The minimum Gasteiger partial charge on any atom is -0.493 e. The molecule has 0 spiro atoms. The minimum absolute atomic E-state index is 0.247. The molecule has 0 bridgehead atoms. The fourth-order valence-corrected chi connectivity index (χ4v) is 3.81. The standard InChI is InChI=1S/C24H31NO6/c1-15(16-10-11-19(20(12-16)27-2)31-18-8-6-7-9-18)25-24(26)17-13-21(28-3)23(30-5)22(14-17)29-4/h10-15,18H,6-9H2,1-5H3,(H,25,26)/t15-/m1/s1. The van der Waals surface area contributed by atoms with Crippen LogP contribution in [0, 0.1) is 0 Å². The molecule has 0 unspecified atom stereocenters. The molecule has 7 nitrogen and oxygen atoms in total. The van der Waals surface area contributed by atoms with Crippen molar-refractivity contribution in [1.29, 1.82) is 0 Å². The second kappa shape index (κ2) is 10.3. The number of rotatable bonds is 9. The smallest absolute Gasteiger partial charge is 0.252 e. The number of nitrogens with one attached hydrogen (secondary N) is 1. The normalized spacial score (nSPS) is 14.6. The number of carbonyl (C=O) groups excluding carboxylic acids is 1. The molecule has 1 atom stereocenters. The van der Waals surface area contributed by atoms with Crippen molar-refractivity contribution in [2.75, 3.05) is 28.4 Å². The van der Waals surface area contributed by atoms with Gasteiger partial charge in [0.05, 0.1) is 40.6 Å². The van der Waals surface area contributed by atoms with E-state index in [9.17, 15) is 4.79 Å². The Morgan fingerprint density at radius 2 is 1.48 bits per heavy atom. The van der Waals surface area contributed by atoms with E-state index < -0.39 is 0 Å². The molecule has 0 heterocycles. The van der Waals surface area contributed by atoms with Crippen molar-refractivity contribution in [1.82, 2.24) is 5.32 Å². The van der Waals surface area contributed by atoms with Gasteiger partial charge in [0, 0.05) is 5.56 Å². The maximum Gasteiger partial charge on any atom is 0.252 e. The fraction of sp³-hybridized carbons (Fsp3) is 0.458. The van der Waals surface area contributed by atoms with E-state index in [0.29, 0.717) is 28.6 Å². The van der Waals surface area contributed by atoms with Crippen LogP contribution in [0.15, 0.2) is 30.3 Å². The number of amides is 1. The van der Waals surface area contributed by atoms with Crippen LogP contribution < -0.4 is 29.0 Å². The molecule has 7 heteroatoms. The van der Waals surface area contributed by atoms with Crippen LogP contribution in [-0.2, 0) is 0 Å². The Labute approximate surface area is 183 Å². The molecule has 1 amide bonds. The van der Waals surface area contributed by atoms with E-state index in [0.717, 1.165) is 24.2 Å². The molecule has 1 fully saturated rings. The molecule has 2 aromatic carbocycles. The molecule has 0 radical (unpaired) electrons. The van der Waals surface area contributed by atoms with Crippen LogP contribution in [0.5, 0.6) is 28.7 Å². The maximum atomic E-state index is 12.9. The van der Waals surface area contributed by atoms with Gasteiger partial charge in [0.1, 0.15) is 0 Å². The lowest BCUT2D eigenvalue weighted by Crippen LogP contribution is -2.26. The summed E-state index contributed by atoms with van der Waals surface area (Å²) in [5.74, 6) is 2.44. The molecule has 1 saturated carbocycles.